The minimum absolute atomic E-state index is 0.0114. The Balaban J connectivity index is 2.24. The lowest BCUT2D eigenvalue weighted by molar-refractivity contribution is -0.137. The molecular formula is C14H10ClF3N2O. The van der Waals surface area contributed by atoms with Crippen LogP contribution in [0.5, 0.6) is 0 Å². The van der Waals surface area contributed by atoms with Crippen LogP contribution in [-0.2, 0) is 6.18 Å². The van der Waals surface area contributed by atoms with E-state index in [9.17, 15) is 18.0 Å². The smallest absolute Gasteiger partial charge is 0.322 e. The van der Waals surface area contributed by atoms with Crippen molar-refractivity contribution in [2.75, 3.05) is 5.32 Å². The van der Waals surface area contributed by atoms with E-state index in [1.807, 2.05) is 0 Å². The minimum Gasteiger partial charge on any atom is -0.322 e. The maximum absolute atomic E-state index is 12.7. The number of aromatic nitrogens is 1. The monoisotopic (exact) mass is 314 g/mol. The molecule has 7 heteroatoms. The first-order valence-electron chi connectivity index (χ1n) is 5.88. The fraction of sp³-hybridized carbons (Fsp3) is 0.143. The van der Waals surface area contributed by atoms with Crippen molar-refractivity contribution in [3.05, 3.63) is 58.4 Å². The van der Waals surface area contributed by atoms with E-state index in [-0.39, 0.29) is 11.3 Å². The fourth-order valence-corrected chi connectivity index (χ4v) is 1.85. The summed E-state index contributed by atoms with van der Waals surface area (Å²) in [6.07, 6.45) is -3.23. The number of nitrogens with one attached hydrogen (secondary N) is 1. The van der Waals surface area contributed by atoms with E-state index in [0.717, 1.165) is 17.8 Å². The van der Waals surface area contributed by atoms with Crippen molar-refractivity contribution in [3.8, 4) is 0 Å². The van der Waals surface area contributed by atoms with Crippen LogP contribution in [0.1, 0.15) is 21.6 Å². The lowest BCUT2D eigenvalue weighted by atomic mass is 10.2. The predicted molar refractivity (Wildman–Crippen MR) is 73.4 cm³/mol. The van der Waals surface area contributed by atoms with Crippen molar-refractivity contribution in [2.45, 2.75) is 13.1 Å². The molecule has 0 fully saturated rings. The van der Waals surface area contributed by atoms with Crippen molar-refractivity contribution in [2.24, 2.45) is 0 Å². The van der Waals surface area contributed by atoms with Crippen LogP contribution in [0.4, 0.5) is 18.9 Å². The number of alkyl halides is 3. The van der Waals surface area contributed by atoms with E-state index in [4.69, 9.17) is 11.6 Å². The van der Waals surface area contributed by atoms with Crippen molar-refractivity contribution in [1.82, 2.24) is 4.98 Å². The van der Waals surface area contributed by atoms with E-state index in [1.54, 1.807) is 13.0 Å². The van der Waals surface area contributed by atoms with Gasteiger partial charge >= 0.3 is 6.18 Å². The Bertz CT molecular complexity index is 669. The van der Waals surface area contributed by atoms with Crippen LogP contribution in [0.25, 0.3) is 0 Å². The summed E-state index contributed by atoms with van der Waals surface area (Å²) in [6, 6.07) is 6.36. The van der Waals surface area contributed by atoms with Gasteiger partial charge in [-0.1, -0.05) is 11.6 Å². The molecule has 0 atom stereocenters. The largest absolute Gasteiger partial charge is 0.417 e. The predicted octanol–water partition coefficient (Wildman–Crippen LogP) is 4.31. The topological polar surface area (TPSA) is 42.0 Å². The molecule has 0 aliphatic rings. The Kier molecular flexibility index (Phi) is 4.18. The molecule has 0 aliphatic carbocycles. The highest BCUT2D eigenvalue weighted by molar-refractivity contribution is 6.31. The number of benzene rings is 1. The van der Waals surface area contributed by atoms with E-state index >= 15 is 0 Å². The molecule has 2 aromatic rings. The van der Waals surface area contributed by atoms with Gasteiger partial charge in [-0.05, 0) is 37.3 Å². The van der Waals surface area contributed by atoms with Gasteiger partial charge in [0.1, 0.15) is 0 Å². The van der Waals surface area contributed by atoms with Gasteiger partial charge < -0.3 is 5.32 Å². The van der Waals surface area contributed by atoms with Gasteiger partial charge in [-0.15, -0.1) is 0 Å². The molecular weight excluding hydrogens is 305 g/mol. The normalized spacial score (nSPS) is 11.3. The first-order valence-corrected chi connectivity index (χ1v) is 6.26. The molecule has 1 aromatic heterocycles. The van der Waals surface area contributed by atoms with Crippen LogP contribution in [-0.4, -0.2) is 10.9 Å². The molecule has 0 bridgehead atoms. The molecule has 0 radical (unpaired) electrons. The Morgan fingerprint density at radius 2 is 1.95 bits per heavy atom. The number of nitrogens with zero attached hydrogens (tertiary/aromatic N) is 1. The van der Waals surface area contributed by atoms with Gasteiger partial charge in [-0.3, -0.25) is 9.78 Å². The Labute approximate surface area is 123 Å². The van der Waals surface area contributed by atoms with Gasteiger partial charge in [0.25, 0.3) is 5.91 Å². The number of amides is 1. The second kappa shape index (κ2) is 5.73. The summed E-state index contributed by atoms with van der Waals surface area (Å²) >= 11 is 5.51. The molecule has 0 saturated carbocycles. The van der Waals surface area contributed by atoms with Crippen LogP contribution in [0, 0.1) is 6.92 Å². The molecule has 0 unspecified atom stereocenters. The highest BCUT2D eigenvalue weighted by Gasteiger charge is 2.33. The minimum atomic E-state index is -4.58. The zero-order valence-corrected chi connectivity index (χ0v) is 11.6. The SMILES string of the molecule is Cc1ccc(C(=O)Nc2ccc(Cl)c(C(F)(F)F)c2)cn1. The molecule has 110 valence electrons. The second-order valence-corrected chi connectivity index (χ2v) is 4.74. The van der Waals surface area contributed by atoms with Gasteiger partial charge in [-0.25, -0.2) is 0 Å². The summed E-state index contributed by atoms with van der Waals surface area (Å²) in [4.78, 5) is 15.9. The van der Waals surface area contributed by atoms with Crippen LogP contribution in [0.2, 0.25) is 5.02 Å². The summed E-state index contributed by atoms with van der Waals surface area (Å²) in [7, 11) is 0. The maximum atomic E-state index is 12.7. The third-order valence-electron chi connectivity index (χ3n) is 2.70. The van der Waals surface area contributed by atoms with Crippen molar-refractivity contribution in [3.63, 3.8) is 0 Å². The Morgan fingerprint density at radius 3 is 2.52 bits per heavy atom. The standard InChI is InChI=1S/C14H10ClF3N2O/c1-8-2-3-9(7-19-8)13(21)20-10-4-5-12(15)11(6-10)14(16,17)18/h2-7H,1H3,(H,20,21). The summed E-state index contributed by atoms with van der Waals surface area (Å²) in [5.41, 5.74) is 0.00260. The lowest BCUT2D eigenvalue weighted by Crippen LogP contribution is -2.13. The Hall–Kier alpha value is -2.08. The molecule has 0 aliphatic heterocycles. The van der Waals surface area contributed by atoms with Crippen LogP contribution >= 0.6 is 11.6 Å². The highest BCUT2D eigenvalue weighted by Crippen LogP contribution is 2.36. The van der Waals surface area contributed by atoms with E-state index in [1.165, 1.54) is 18.3 Å². The van der Waals surface area contributed by atoms with Gasteiger partial charge in [-0.2, -0.15) is 13.2 Å². The quantitative estimate of drug-likeness (QED) is 0.897. The van der Waals surface area contributed by atoms with Crippen LogP contribution < -0.4 is 5.32 Å². The van der Waals surface area contributed by atoms with Crippen molar-refractivity contribution >= 4 is 23.2 Å². The van der Waals surface area contributed by atoms with Gasteiger partial charge in [0.2, 0.25) is 0 Å². The highest BCUT2D eigenvalue weighted by atomic mass is 35.5. The first kappa shape index (κ1) is 15.3. The van der Waals surface area contributed by atoms with Gasteiger partial charge in [0.15, 0.2) is 0 Å². The first-order chi connectivity index (χ1) is 9.77. The number of rotatable bonds is 2. The number of hydrogen-bond acceptors (Lipinski definition) is 2. The van der Waals surface area contributed by atoms with E-state index in [0.29, 0.717) is 0 Å². The fourth-order valence-electron chi connectivity index (χ4n) is 1.63. The van der Waals surface area contributed by atoms with E-state index < -0.39 is 22.7 Å². The zero-order chi connectivity index (χ0) is 15.6. The molecule has 0 saturated heterocycles. The molecule has 1 heterocycles. The number of carbonyl (C=O) groups excluding carboxylic acids is 1. The summed E-state index contributed by atoms with van der Waals surface area (Å²) in [6.45, 7) is 1.76. The second-order valence-electron chi connectivity index (χ2n) is 4.33. The van der Waals surface area contributed by atoms with Crippen molar-refractivity contribution < 1.29 is 18.0 Å². The van der Waals surface area contributed by atoms with E-state index in [2.05, 4.69) is 10.3 Å². The third-order valence-corrected chi connectivity index (χ3v) is 3.03. The Morgan fingerprint density at radius 1 is 1.24 bits per heavy atom. The molecule has 1 aromatic carbocycles. The summed E-state index contributed by atoms with van der Waals surface area (Å²) in [5, 5.41) is 1.96. The lowest BCUT2D eigenvalue weighted by Gasteiger charge is -2.11. The van der Waals surface area contributed by atoms with Gasteiger partial charge in [0, 0.05) is 17.6 Å². The van der Waals surface area contributed by atoms with Crippen LogP contribution in [0.15, 0.2) is 36.5 Å². The van der Waals surface area contributed by atoms with Crippen molar-refractivity contribution in [1.29, 1.82) is 0 Å². The average Bonchev–Trinajstić information content (AvgIpc) is 2.40. The molecule has 1 amide bonds. The number of hydrogen-bond donors (Lipinski definition) is 1. The third kappa shape index (κ3) is 3.72. The number of halogens is 4. The maximum Gasteiger partial charge on any atom is 0.417 e. The average molecular weight is 315 g/mol. The number of anilines is 1. The molecule has 2 rings (SSSR count). The summed E-state index contributed by atoms with van der Waals surface area (Å²) < 4.78 is 38.2. The van der Waals surface area contributed by atoms with Gasteiger partial charge in [0.05, 0.1) is 16.1 Å². The number of pyridine rings is 1. The van der Waals surface area contributed by atoms with Crippen LogP contribution in [0.3, 0.4) is 0 Å². The summed E-state index contributed by atoms with van der Waals surface area (Å²) in [5.74, 6) is -0.544. The number of aryl methyl sites for hydroxylation is 1. The zero-order valence-electron chi connectivity index (χ0n) is 10.8. The molecule has 0 spiro atoms. The number of carbonyl (C=O) groups is 1. The molecule has 1 N–H and O–H groups in total. The molecule has 21 heavy (non-hydrogen) atoms. The molecule has 3 nitrogen and oxygen atoms in total.